The molecular formula is C13H17FN2O. The van der Waals surface area contributed by atoms with Crippen LogP contribution in [0.2, 0.25) is 0 Å². The fourth-order valence-electron chi connectivity index (χ4n) is 2.52. The highest BCUT2D eigenvalue weighted by Gasteiger charge is 2.18. The molecule has 4 heteroatoms. The summed E-state index contributed by atoms with van der Waals surface area (Å²) in [6.07, 6.45) is 2.06. The maximum atomic E-state index is 14.1. The second kappa shape index (κ2) is 4.53. The molecule has 3 rings (SSSR count). The zero-order valence-corrected chi connectivity index (χ0v) is 9.84. The van der Waals surface area contributed by atoms with Crippen LogP contribution in [0.25, 0.3) is 0 Å². The molecule has 1 N–H and O–H groups in total. The Hall–Kier alpha value is -1.29. The van der Waals surface area contributed by atoms with E-state index in [1.165, 1.54) is 0 Å². The molecular weight excluding hydrogens is 219 g/mol. The number of rotatable bonds is 1. The number of nitrogens with one attached hydrogen (secondary N) is 1. The Balaban J connectivity index is 1.93. The zero-order valence-electron chi connectivity index (χ0n) is 9.84. The number of hydrogen-bond donors (Lipinski definition) is 1. The van der Waals surface area contributed by atoms with Crippen molar-refractivity contribution in [3.63, 3.8) is 0 Å². The van der Waals surface area contributed by atoms with Crippen LogP contribution in [0.4, 0.5) is 15.8 Å². The quantitative estimate of drug-likeness (QED) is 0.807. The average Bonchev–Trinajstić information content (AvgIpc) is 2.39. The van der Waals surface area contributed by atoms with E-state index in [2.05, 4.69) is 10.2 Å². The van der Waals surface area contributed by atoms with Crippen LogP contribution in [0.3, 0.4) is 0 Å². The van der Waals surface area contributed by atoms with Gasteiger partial charge in [0.2, 0.25) is 0 Å². The summed E-state index contributed by atoms with van der Waals surface area (Å²) in [6.45, 7) is 3.90. The van der Waals surface area contributed by atoms with E-state index in [-0.39, 0.29) is 5.82 Å². The maximum absolute atomic E-state index is 14.1. The molecule has 2 aliphatic heterocycles. The van der Waals surface area contributed by atoms with Gasteiger partial charge in [0.05, 0.1) is 18.9 Å². The lowest BCUT2D eigenvalue weighted by atomic mass is 10.0. The summed E-state index contributed by atoms with van der Waals surface area (Å²) in [7, 11) is 0. The topological polar surface area (TPSA) is 24.5 Å². The van der Waals surface area contributed by atoms with Crippen molar-refractivity contribution < 1.29 is 9.13 Å². The molecule has 0 radical (unpaired) electrons. The molecule has 1 saturated heterocycles. The fraction of sp³-hybridized carbons (Fsp3) is 0.538. The molecule has 0 spiro atoms. The van der Waals surface area contributed by atoms with Crippen LogP contribution < -0.4 is 10.2 Å². The summed E-state index contributed by atoms with van der Waals surface area (Å²) in [5.74, 6) is -0.102. The summed E-state index contributed by atoms with van der Waals surface area (Å²) in [5, 5.41) is 3.34. The number of halogens is 1. The lowest BCUT2D eigenvalue weighted by Crippen LogP contribution is -2.36. The Kier molecular flexibility index (Phi) is 2.89. The van der Waals surface area contributed by atoms with E-state index in [9.17, 15) is 4.39 Å². The van der Waals surface area contributed by atoms with Crippen molar-refractivity contribution in [1.29, 1.82) is 0 Å². The average molecular weight is 236 g/mol. The number of nitrogens with zero attached hydrogens (tertiary/aromatic N) is 1. The van der Waals surface area contributed by atoms with Gasteiger partial charge in [0, 0.05) is 25.3 Å². The van der Waals surface area contributed by atoms with Gasteiger partial charge in [0.15, 0.2) is 0 Å². The highest BCUT2D eigenvalue weighted by molar-refractivity contribution is 5.64. The van der Waals surface area contributed by atoms with Crippen molar-refractivity contribution in [3.8, 4) is 0 Å². The van der Waals surface area contributed by atoms with Gasteiger partial charge in [-0.3, -0.25) is 0 Å². The van der Waals surface area contributed by atoms with E-state index in [0.717, 1.165) is 43.7 Å². The first-order chi connectivity index (χ1) is 8.34. The smallest absolute Gasteiger partial charge is 0.146 e. The molecule has 3 nitrogen and oxygen atoms in total. The lowest BCUT2D eigenvalue weighted by molar-refractivity contribution is 0.122. The highest BCUT2D eigenvalue weighted by Crippen LogP contribution is 2.30. The zero-order chi connectivity index (χ0) is 11.7. The number of fused-ring (bicyclic) bond motifs is 1. The summed E-state index contributed by atoms with van der Waals surface area (Å²) < 4.78 is 19.3. The Bertz CT molecular complexity index is 416. The van der Waals surface area contributed by atoms with Gasteiger partial charge >= 0.3 is 0 Å². The van der Waals surface area contributed by atoms with E-state index in [1.807, 2.05) is 6.07 Å². The van der Waals surface area contributed by atoms with E-state index in [4.69, 9.17) is 4.74 Å². The summed E-state index contributed by atoms with van der Waals surface area (Å²) in [6, 6.07) is 3.64. The predicted octanol–water partition coefficient (Wildman–Crippen LogP) is 2.02. The molecule has 92 valence electrons. The third-order valence-electron chi connectivity index (χ3n) is 3.46. The third kappa shape index (κ3) is 2.09. The Morgan fingerprint density at radius 3 is 2.88 bits per heavy atom. The molecule has 1 aromatic rings. The molecule has 17 heavy (non-hydrogen) atoms. The highest BCUT2D eigenvalue weighted by atomic mass is 19.1. The van der Waals surface area contributed by atoms with Gasteiger partial charge in [-0.25, -0.2) is 4.39 Å². The molecule has 2 heterocycles. The number of benzene rings is 1. The van der Waals surface area contributed by atoms with Crippen molar-refractivity contribution in [1.82, 2.24) is 0 Å². The number of hydrogen-bond acceptors (Lipinski definition) is 3. The van der Waals surface area contributed by atoms with Gasteiger partial charge in [-0.2, -0.15) is 0 Å². The molecule has 0 bridgehead atoms. The van der Waals surface area contributed by atoms with Crippen LogP contribution in [0.5, 0.6) is 0 Å². The molecule has 1 fully saturated rings. The largest absolute Gasteiger partial charge is 0.385 e. The van der Waals surface area contributed by atoms with Crippen molar-refractivity contribution in [2.45, 2.75) is 12.8 Å². The minimum atomic E-state index is -0.102. The van der Waals surface area contributed by atoms with Crippen LogP contribution in [0.15, 0.2) is 12.1 Å². The van der Waals surface area contributed by atoms with Crippen LogP contribution in [0.1, 0.15) is 12.0 Å². The van der Waals surface area contributed by atoms with Gasteiger partial charge < -0.3 is 15.0 Å². The minimum absolute atomic E-state index is 0.102. The van der Waals surface area contributed by atoms with Gasteiger partial charge in [-0.05, 0) is 30.5 Å². The van der Waals surface area contributed by atoms with Gasteiger partial charge in [-0.15, -0.1) is 0 Å². The van der Waals surface area contributed by atoms with E-state index >= 15 is 0 Å². The molecule has 0 saturated carbocycles. The van der Waals surface area contributed by atoms with Crippen LogP contribution >= 0.6 is 0 Å². The van der Waals surface area contributed by atoms with Crippen molar-refractivity contribution in [2.75, 3.05) is 43.1 Å². The monoisotopic (exact) mass is 236 g/mol. The molecule has 0 aliphatic carbocycles. The summed E-state index contributed by atoms with van der Waals surface area (Å²) >= 11 is 0. The molecule has 1 aromatic carbocycles. The number of ether oxygens (including phenoxy) is 1. The first-order valence-corrected chi connectivity index (χ1v) is 6.23. The molecule has 0 unspecified atom stereocenters. The second-order valence-corrected chi connectivity index (χ2v) is 4.59. The minimum Gasteiger partial charge on any atom is -0.385 e. The van der Waals surface area contributed by atoms with Crippen LogP contribution in [0, 0.1) is 5.82 Å². The van der Waals surface area contributed by atoms with Crippen molar-refractivity contribution in [3.05, 3.63) is 23.5 Å². The Labute approximate surface area is 101 Å². The second-order valence-electron chi connectivity index (χ2n) is 4.59. The molecule has 0 aromatic heterocycles. The molecule has 0 amide bonds. The van der Waals surface area contributed by atoms with E-state index < -0.39 is 0 Å². The normalized spacial score (nSPS) is 19.7. The number of aryl methyl sites for hydroxylation is 1. The van der Waals surface area contributed by atoms with Gasteiger partial charge in [0.1, 0.15) is 5.82 Å². The van der Waals surface area contributed by atoms with Gasteiger partial charge in [0.25, 0.3) is 0 Å². The van der Waals surface area contributed by atoms with Crippen molar-refractivity contribution in [2.24, 2.45) is 0 Å². The fourth-order valence-corrected chi connectivity index (χ4v) is 2.52. The molecule has 2 aliphatic rings. The summed E-state index contributed by atoms with van der Waals surface area (Å²) in [5.41, 5.74) is 2.91. The third-order valence-corrected chi connectivity index (χ3v) is 3.46. The Morgan fingerprint density at radius 2 is 2.06 bits per heavy atom. The van der Waals surface area contributed by atoms with Crippen molar-refractivity contribution >= 4 is 11.4 Å². The van der Waals surface area contributed by atoms with E-state index in [0.29, 0.717) is 18.9 Å². The lowest BCUT2D eigenvalue weighted by Gasteiger charge is -2.30. The van der Waals surface area contributed by atoms with E-state index in [1.54, 1.807) is 6.07 Å². The van der Waals surface area contributed by atoms with Gasteiger partial charge in [-0.1, -0.05) is 0 Å². The predicted molar refractivity (Wildman–Crippen MR) is 66.2 cm³/mol. The first kappa shape index (κ1) is 10.8. The maximum Gasteiger partial charge on any atom is 0.146 e. The number of anilines is 2. The molecule has 0 atom stereocenters. The summed E-state index contributed by atoms with van der Waals surface area (Å²) in [4.78, 5) is 2.06. The Morgan fingerprint density at radius 1 is 1.24 bits per heavy atom. The number of morpholine rings is 1. The van der Waals surface area contributed by atoms with Crippen LogP contribution in [-0.4, -0.2) is 32.8 Å². The van der Waals surface area contributed by atoms with Crippen LogP contribution in [-0.2, 0) is 11.2 Å². The first-order valence-electron chi connectivity index (χ1n) is 6.23. The SMILES string of the molecule is Fc1cc2c(cc1N1CCOCC1)NCCC2. The standard InChI is InChI=1S/C13H17FN2O/c14-11-8-10-2-1-3-15-12(10)9-13(11)16-4-6-17-7-5-16/h8-9,15H,1-7H2.